The van der Waals surface area contributed by atoms with E-state index in [1.54, 1.807) is 0 Å². The van der Waals surface area contributed by atoms with Crippen LogP contribution in [0.1, 0.15) is 37.6 Å². The van der Waals surface area contributed by atoms with Gasteiger partial charge in [-0.05, 0) is 45.9 Å². The summed E-state index contributed by atoms with van der Waals surface area (Å²) in [5, 5.41) is 3.45. The van der Waals surface area contributed by atoms with Gasteiger partial charge in [0.05, 0.1) is 0 Å². The van der Waals surface area contributed by atoms with Gasteiger partial charge in [-0.15, -0.1) is 0 Å². The number of aryl methyl sites for hydroxylation is 2. The van der Waals surface area contributed by atoms with E-state index >= 15 is 0 Å². The molecule has 0 aliphatic carbocycles. The Morgan fingerprint density at radius 2 is 2.15 bits per heavy atom. The van der Waals surface area contributed by atoms with Crippen molar-refractivity contribution in [3.8, 4) is 0 Å². The number of pyridine rings is 1. The summed E-state index contributed by atoms with van der Waals surface area (Å²) < 4.78 is 0.313. The van der Waals surface area contributed by atoms with Crippen LogP contribution in [-0.2, 0) is 6.54 Å². The summed E-state index contributed by atoms with van der Waals surface area (Å²) in [5.74, 6) is 2.37. The molecule has 1 aromatic rings. The highest BCUT2D eigenvalue weighted by atomic mass is 32.2. The van der Waals surface area contributed by atoms with Gasteiger partial charge in [0.2, 0.25) is 0 Å². The highest BCUT2D eigenvalue weighted by molar-refractivity contribution is 8.00. The Labute approximate surface area is 127 Å². The molecule has 0 radical (unpaired) electrons. The smallest absolute Gasteiger partial charge is 0.133 e. The average Bonchev–Trinajstić information content (AvgIpc) is 2.35. The van der Waals surface area contributed by atoms with Gasteiger partial charge in [-0.1, -0.05) is 6.92 Å². The summed E-state index contributed by atoms with van der Waals surface area (Å²) >= 11 is 2.07. The van der Waals surface area contributed by atoms with E-state index in [1.165, 1.54) is 22.7 Å². The molecule has 2 rings (SSSR count). The quantitative estimate of drug-likeness (QED) is 0.923. The van der Waals surface area contributed by atoms with Gasteiger partial charge in [0.1, 0.15) is 5.82 Å². The van der Waals surface area contributed by atoms with Crippen molar-refractivity contribution in [2.45, 2.75) is 45.9 Å². The Kier molecular flexibility index (Phi) is 4.97. The Balaban J connectivity index is 2.33. The van der Waals surface area contributed by atoms with Gasteiger partial charge in [0.15, 0.2) is 0 Å². The zero-order valence-electron chi connectivity index (χ0n) is 13.4. The lowest BCUT2D eigenvalue weighted by Gasteiger charge is -2.39. The Morgan fingerprint density at radius 1 is 1.40 bits per heavy atom. The minimum absolute atomic E-state index is 0.313. The fourth-order valence-corrected chi connectivity index (χ4v) is 3.88. The monoisotopic (exact) mass is 293 g/mol. The molecule has 0 bridgehead atoms. The Morgan fingerprint density at radius 3 is 2.80 bits per heavy atom. The number of nitrogens with zero attached hydrogens (tertiary/aromatic N) is 2. The van der Waals surface area contributed by atoms with Crippen molar-refractivity contribution in [3.63, 3.8) is 0 Å². The molecule has 112 valence electrons. The van der Waals surface area contributed by atoms with Crippen molar-refractivity contribution in [1.29, 1.82) is 0 Å². The van der Waals surface area contributed by atoms with E-state index in [0.717, 1.165) is 31.9 Å². The van der Waals surface area contributed by atoms with Crippen molar-refractivity contribution >= 4 is 17.6 Å². The summed E-state index contributed by atoms with van der Waals surface area (Å²) in [5.41, 5.74) is 3.83. The van der Waals surface area contributed by atoms with E-state index < -0.39 is 0 Å². The fourth-order valence-electron chi connectivity index (χ4n) is 2.77. The maximum Gasteiger partial charge on any atom is 0.133 e. The number of rotatable bonds is 4. The van der Waals surface area contributed by atoms with Crippen molar-refractivity contribution < 1.29 is 0 Å². The number of thioether (sulfide) groups is 1. The molecule has 1 aliphatic heterocycles. The summed E-state index contributed by atoms with van der Waals surface area (Å²) in [6.07, 6.45) is 0. The van der Waals surface area contributed by atoms with Crippen LogP contribution >= 0.6 is 11.8 Å². The fraction of sp³-hybridized carbons (Fsp3) is 0.688. The SMILES string of the molecule is CCNCc1c(C)cc(C)nc1N1CCSC(C)(C)C1. The number of hydrogen-bond acceptors (Lipinski definition) is 4. The highest BCUT2D eigenvalue weighted by Gasteiger charge is 2.29. The first-order chi connectivity index (χ1) is 9.43. The van der Waals surface area contributed by atoms with Crippen LogP contribution in [0.5, 0.6) is 0 Å². The number of aromatic nitrogens is 1. The lowest BCUT2D eigenvalue weighted by Crippen LogP contribution is -2.44. The molecule has 1 saturated heterocycles. The first-order valence-corrected chi connectivity index (χ1v) is 8.48. The minimum Gasteiger partial charge on any atom is -0.354 e. The first kappa shape index (κ1) is 15.6. The lowest BCUT2D eigenvalue weighted by atomic mass is 10.1. The molecule has 20 heavy (non-hydrogen) atoms. The lowest BCUT2D eigenvalue weighted by molar-refractivity contribution is 0.633. The second kappa shape index (κ2) is 6.35. The predicted molar refractivity (Wildman–Crippen MR) is 89.8 cm³/mol. The third-order valence-corrected chi connectivity index (χ3v) is 5.03. The van der Waals surface area contributed by atoms with Crippen LogP contribution in [0.15, 0.2) is 6.07 Å². The number of hydrogen-bond donors (Lipinski definition) is 1. The Hall–Kier alpha value is -0.740. The second-order valence-electron chi connectivity index (χ2n) is 6.19. The van der Waals surface area contributed by atoms with Crippen molar-refractivity contribution in [3.05, 3.63) is 22.9 Å². The standard InChI is InChI=1S/C16H27N3S/c1-6-17-10-14-12(2)9-13(3)18-15(14)19-7-8-20-16(4,5)11-19/h9,17H,6-8,10-11H2,1-5H3. The van der Waals surface area contributed by atoms with E-state index in [2.05, 4.69) is 62.7 Å². The topological polar surface area (TPSA) is 28.2 Å². The average molecular weight is 293 g/mol. The van der Waals surface area contributed by atoms with Crippen LogP contribution < -0.4 is 10.2 Å². The molecule has 0 atom stereocenters. The van der Waals surface area contributed by atoms with Gasteiger partial charge >= 0.3 is 0 Å². The van der Waals surface area contributed by atoms with Crippen molar-refractivity contribution in [2.24, 2.45) is 0 Å². The van der Waals surface area contributed by atoms with Gasteiger partial charge in [-0.2, -0.15) is 11.8 Å². The molecule has 0 amide bonds. The third kappa shape index (κ3) is 3.67. The number of nitrogens with one attached hydrogen (secondary N) is 1. The van der Waals surface area contributed by atoms with E-state index in [-0.39, 0.29) is 0 Å². The molecule has 1 fully saturated rings. The van der Waals surface area contributed by atoms with Crippen LogP contribution in [0.25, 0.3) is 0 Å². The van der Waals surface area contributed by atoms with E-state index in [9.17, 15) is 0 Å². The molecular weight excluding hydrogens is 266 g/mol. The zero-order valence-corrected chi connectivity index (χ0v) is 14.2. The molecule has 1 aliphatic rings. The van der Waals surface area contributed by atoms with E-state index in [1.807, 2.05) is 0 Å². The highest BCUT2D eigenvalue weighted by Crippen LogP contribution is 2.33. The maximum absolute atomic E-state index is 4.85. The van der Waals surface area contributed by atoms with Crippen molar-refractivity contribution in [2.75, 3.05) is 30.3 Å². The molecule has 0 aromatic carbocycles. The summed E-state index contributed by atoms with van der Waals surface area (Å²) in [6.45, 7) is 15.2. The molecule has 0 spiro atoms. The third-order valence-electron chi connectivity index (χ3n) is 3.73. The largest absolute Gasteiger partial charge is 0.354 e. The van der Waals surface area contributed by atoms with Crippen LogP contribution in [0.2, 0.25) is 0 Å². The first-order valence-electron chi connectivity index (χ1n) is 7.49. The van der Waals surface area contributed by atoms with Crippen LogP contribution in [0.4, 0.5) is 5.82 Å². The number of anilines is 1. The minimum atomic E-state index is 0.313. The van der Waals surface area contributed by atoms with Gasteiger partial charge in [0, 0.05) is 41.4 Å². The maximum atomic E-state index is 4.85. The molecule has 4 heteroatoms. The second-order valence-corrected chi connectivity index (χ2v) is 7.99. The zero-order chi connectivity index (χ0) is 14.8. The Bertz CT molecular complexity index is 471. The summed E-state index contributed by atoms with van der Waals surface area (Å²) in [6, 6.07) is 2.19. The normalized spacial score (nSPS) is 18.4. The summed E-state index contributed by atoms with van der Waals surface area (Å²) in [4.78, 5) is 7.33. The molecule has 1 aromatic heterocycles. The predicted octanol–water partition coefficient (Wildman–Crippen LogP) is 3.14. The molecule has 1 N–H and O–H groups in total. The van der Waals surface area contributed by atoms with Gasteiger partial charge in [-0.3, -0.25) is 0 Å². The molecule has 0 unspecified atom stereocenters. The van der Waals surface area contributed by atoms with Crippen LogP contribution in [0.3, 0.4) is 0 Å². The van der Waals surface area contributed by atoms with Gasteiger partial charge in [0.25, 0.3) is 0 Å². The van der Waals surface area contributed by atoms with Crippen LogP contribution in [0, 0.1) is 13.8 Å². The summed E-state index contributed by atoms with van der Waals surface area (Å²) in [7, 11) is 0. The molecular formula is C16H27N3S. The van der Waals surface area contributed by atoms with Crippen molar-refractivity contribution in [1.82, 2.24) is 10.3 Å². The van der Waals surface area contributed by atoms with Crippen LogP contribution in [-0.4, -0.2) is 35.1 Å². The van der Waals surface area contributed by atoms with E-state index in [4.69, 9.17) is 4.98 Å². The van der Waals surface area contributed by atoms with Gasteiger partial charge < -0.3 is 10.2 Å². The molecule has 3 nitrogen and oxygen atoms in total. The molecule has 2 heterocycles. The molecule has 0 saturated carbocycles. The van der Waals surface area contributed by atoms with E-state index in [0.29, 0.717) is 4.75 Å². The van der Waals surface area contributed by atoms with Gasteiger partial charge in [-0.25, -0.2) is 4.98 Å².